The minimum absolute atomic E-state index is 0.0757. The number of carboxylic acids is 1. The predicted octanol–water partition coefficient (Wildman–Crippen LogP) is 3.33. The molecular weight excluding hydrogens is 332 g/mol. The monoisotopic (exact) mass is 352 g/mol. The van der Waals surface area contributed by atoms with E-state index in [1.54, 1.807) is 19.2 Å². The Kier molecular flexibility index (Phi) is 5.58. The second-order valence-corrected chi connectivity index (χ2v) is 6.01. The van der Waals surface area contributed by atoms with E-state index in [9.17, 15) is 4.79 Å². The van der Waals surface area contributed by atoms with Crippen LogP contribution in [0.25, 0.3) is 11.5 Å². The van der Waals surface area contributed by atoms with E-state index in [1.165, 1.54) is 0 Å². The summed E-state index contributed by atoms with van der Waals surface area (Å²) in [7, 11) is 0. The number of carboxylic acid groups (broad SMARTS) is 1. The second kappa shape index (κ2) is 8.24. The Morgan fingerprint density at radius 3 is 2.73 bits per heavy atom. The van der Waals surface area contributed by atoms with Gasteiger partial charge < -0.3 is 14.9 Å². The zero-order valence-corrected chi connectivity index (χ0v) is 14.4. The van der Waals surface area contributed by atoms with E-state index in [0.717, 1.165) is 5.56 Å². The molecule has 0 amide bonds. The fourth-order valence-electron chi connectivity index (χ4n) is 2.71. The van der Waals surface area contributed by atoms with Gasteiger partial charge in [-0.1, -0.05) is 35.5 Å². The van der Waals surface area contributed by atoms with Gasteiger partial charge in [-0.05, 0) is 37.5 Å². The van der Waals surface area contributed by atoms with Crippen LogP contribution in [0.1, 0.15) is 24.2 Å². The van der Waals surface area contributed by atoms with Gasteiger partial charge in [0.15, 0.2) is 5.82 Å². The molecule has 0 spiro atoms. The highest BCUT2D eigenvalue weighted by molar-refractivity contribution is 5.69. The fraction of sp³-hybridized carbons (Fsp3) is 0.263. The lowest BCUT2D eigenvalue weighted by Crippen LogP contribution is -2.24. The first-order valence-corrected chi connectivity index (χ1v) is 8.40. The first kappa shape index (κ1) is 17.6. The molecule has 7 heteroatoms. The molecule has 0 radical (unpaired) electrons. The van der Waals surface area contributed by atoms with Crippen molar-refractivity contribution >= 4 is 11.8 Å². The van der Waals surface area contributed by atoms with Gasteiger partial charge in [0.2, 0.25) is 0 Å². The van der Waals surface area contributed by atoms with Gasteiger partial charge in [-0.2, -0.15) is 4.98 Å². The Morgan fingerprint density at radius 1 is 1.23 bits per heavy atom. The van der Waals surface area contributed by atoms with E-state index in [4.69, 9.17) is 9.63 Å². The van der Waals surface area contributed by atoms with Gasteiger partial charge >= 0.3 is 5.97 Å². The van der Waals surface area contributed by atoms with Crippen LogP contribution >= 0.6 is 0 Å². The molecule has 134 valence electrons. The smallest absolute Gasteiger partial charge is 0.303 e. The van der Waals surface area contributed by atoms with Crippen LogP contribution in [0.4, 0.5) is 5.82 Å². The summed E-state index contributed by atoms with van der Waals surface area (Å²) >= 11 is 0. The van der Waals surface area contributed by atoms with Gasteiger partial charge in [-0.25, -0.2) is 4.98 Å². The number of nitrogens with one attached hydrogen (secondary N) is 1. The third-order valence-corrected chi connectivity index (χ3v) is 3.94. The average Bonchev–Trinajstić information content (AvgIpc) is 3.07. The Balaban J connectivity index is 1.83. The fourth-order valence-corrected chi connectivity index (χ4v) is 2.71. The predicted molar refractivity (Wildman–Crippen MR) is 96.7 cm³/mol. The Bertz CT molecular complexity index is 864. The number of aryl methyl sites for hydroxylation is 1. The van der Waals surface area contributed by atoms with E-state index in [-0.39, 0.29) is 12.5 Å². The molecule has 2 N–H and O–H groups in total. The number of aromatic nitrogens is 3. The Labute approximate surface area is 151 Å². The van der Waals surface area contributed by atoms with Crippen molar-refractivity contribution in [1.82, 2.24) is 15.1 Å². The van der Waals surface area contributed by atoms with Crippen molar-refractivity contribution in [3.63, 3.8) is 0 Å². The summed E-state index contributed by atoms with van der Waals surface area (Å²) < 4.78 is 5.25. The number of nitrogens with zero attached hydrogens (tertiary/aromatic N) is 3. The van der Waals surface area contributed by atoms with Crippen LogP contribution in [0, 0.1) is 6.92 Å². The summed E-state index contributed by atoms with van der Waals surface area (Å²) in [5.41, 5.74) is 1.82. The lowest BCUT2D eigenvalue weighted by atomic mass is 10.0. The standard InChI is InChI=1S/C19H20N4O3/c1-13-21-19(26-23-13)16-8-5-11-20-18(16)22-15(9-10-17(24)25)12-14-6-3-2-4-7-14/h2-8,11,15H,9-10,12H2,1H3,(H,20,22)(H,24,25). The molecule has 0 aliphatic rings. The van der Waals surface area contributed by atoms with Crippen LogP contribution in [0.2, 0.25) is 0 Å². The third kappa shape index (κ3) is 4.66. The molecule has 1 aromatic carbocycles. The van der Waals surface area contributed by atoms with Crippen molar-refractivity contribution in [3.05, 3.63) is 60.0 Å². The Hall–Kier alpha value is -3.22. The van der Waals surface area contributed by atoms with E-state index in [1.807, 2.05) is 36.4 Å². The quantitative estimate of drug-likeness (QED) is 0.641. The average molecular weight is 352 g/mol. The molecule has 26 heavy (non-hydrogen) atoms. The molecule has 1 unspecified atom stereocenters. The van der Waals surface area contributed by atoms with Gasteiger partial charge in [-0.3, -0.25) is 4.79 Å². The molecule has 7 nitrogen and oxygen atoms in total. The summed E-state index contributed by atoms with van der Waals surface area (Å²) in [4.78, 5) is 19.7. The molecule has 0 bridgehead atoms. The van der Waals surface area contributed by atoms with Crippen LogP contribution < -0.4 is 5.32 Å². The number of pyridine rings is 1. The molecule has 0 fully saturated rings. The lowest BCUT2D eigenvalue weighted by Gasteiger charge is -2.20. The van der Waals surface area contributed by atoms with Crippen molar-refractivity contribution in [1.29, 1.82) is 0 Å². The molecule has 2 heterocycles. The maximum absolute atomic E-state index is 11.0. The van der Waals surface area contributed by atoms with E-state index < -0.39 is 5.97 Å². The van der Waals surface area contributed by atoms with E-state index in [0.29, 0.717) is 35.9 Å². The molecule has 0 saturated carbocycles. The van der Waals surface area contributed by atoms with Crippen LogP contribution in [-0.2, 0) is 11.2 Å². The second-order valence-electron chi connectivity index (χ2n) is 6.01. The maximum Gasteiger partial charge on any atom is 0.303 e. The first-order chi connectivity index (χ1) is 12.6. The van der Waals surface area contributed by atoms with Crippen LogP contribution in [0.3, 0.4) is 0 Å². The molecule has 0 saturated heterocycles. The van der Waals surface area contributed by atoms with Gasteiger partial charge in [0.25, 0.3) is 5.89 Å². The maximum atomic E-state index is 11.0. The molecule has 2 aromatic heterocycles. The number of aliphatic carboxylic acids is 1. The highest BCUT2D eigenvalue weighted by atomic mass is 16.5. The minimum Gasteiger partial charge on any atom is -0.481 e. The first-order valence-electron chi connectivity index (χ1n) is 8.40. The molecular formula is C19H20N4O3. The number of anilines is 1. The number of hydrogen-bond donors (Lipinski definition) is 2. The van der Waals surface area contributed by atoms with Crippen LogP contribution in [0.15, 0.2) is 53.2 Å². The zero-order valence-electron chi connectivity index (χ0n) is 14.4. The van der Waals surface area contributed by atoms with Crippen molar-refractivity contribution in [2.24, 2.45) is 0 Å². The normalized spacial score (nSPS) is 11.9. The van der Waals surface area contributed by atoms with Gasteiger partial charge in [0.05, 0.1) is 5.56 Å². The minimum atomic E-state index is -0.821. The number of hydrogen-bond acceptors (Lipinski definition) is 6. The molecule has 0 aliphatic heterocycles. The summed E-state index contributed by atoms with van der Waals surface area (Å²) in [6, 6.07) is 13.5. The van der Waals surface area contributed by atoms with Crippen LogP contribution in [0.5, 0.6) is 0 Å². The number of benzene rings is 1. The van der Waals surface area contributed by atoms with Gasteiger partial charge in [0.1, 0.15) is 5.82 Å². The van der Waals surface area contributed by atoms with Crippen molar-refractivity contribution in [2.45, 2.75) is 32.2 Å². The van der Waals surface area contributed by atoms with Crippen molar-refractivity contribution in [3.8, 4) is 11.5 Å². The Morgan fingerprint density at radius 2 is 2.04 bits per heavy atom. The highest BCUT2D eigenvalue weighted by Crippen LogP contribution is 2.26. The summed E-state index contributed by atoms with van der Waals surface area (Å²) in [6.45, 7) is 1.75. The van der Waals surface area contributed by atoms with Crippen LogP contribution in [-0.4, -0.2) is 32.2 Å². The summed E-state index contributed by atoms with van der Waals surface area (Å²) in [5.74, 6) is 0.706. The third-order valence-electron chi connectivity index (χ3n) is 3.94. The molecule has 0 aliphatic carbocycles. The van der Waals surface area contributed by atoms with E-state index in [2.05, 4.69) is 20.4 Å². The van der Waals surface area contributed by atoms with Crippen molar-refractivity contribution in [2.75, 3.05) is 5.32 Å². The molecule has 1 atom stereocenters. The molecule has 3 aromatic rings. The number of carbonyl (C=O) groups is 1. The summed E-state index contributed by atoms with van der Waals surface area (Å²) in [5, 5.41) is 16.2. The largest absolute Gasteiger partial charge is 0.481 e. The van der Waals surface area contributed by atoms with Crippen molar-refractivity contribution < 1.29 is 14.4 Å². The lowest BCUT2D eigenvalue weighted by molar-refractivity contribution is -0.137. The SMILES string of the molecule is Cc1noc(-c2cccnc2NC(CCC(=O)O)Cc2ccccc2)n1. The number of rotatable bonds is 8. The van der Waals surface area contributed by atoms with Gasteiger partial charge in [0, 0.05) is 18.7 Å². The molecule has 3 rings (SSSR count). The zero-order chi connectivity index (χ0) is 18.4. The highest BCUT2D eigenvalue weighted by Gasteiger charge is 2.17. The van der Waals surface area contributed by atoms with E-state index >= 15 is 0 Å². The van der Waals surface area contributed by atoms with Gasteiger partial charge in [-0.15, -0.1) is 0 Å². The topological polar surface area (TPSA) is 101 Å². The summed E-state index contributed by atoms with van der Waals surface area (Å²) in [6.07, 6.45) is 2.91.